The van der Waals surface area contributed by atoms with Crippen molar-refractivity contribution in [2.75, 3.05) is 13.1 Å². The molecule has 5 rings (SSSR count). The van der Waals surface area contributed by atoms with Gasteiger partial charge in [0.05, 0.1) is 11.1 Å². The number of aliphatic imine (C=N–C) groups is 1. The first kappa shape index (κ1) is 12.4. The topological polar surface area (TPSA) is 15.6 Å². The van der Waals surface area contributed by atoms with Crippen LogP contribution in [0.2, 0.25) is 0 Å². The van der Waals surface area contributed by atoms with Crippen LogP contribution in [0.4, 0.5) is 5.69 Å². The summed E-state index contributed by atoms with van der Waals surface area (Å²) < 4.78 is 0. The molecule has 2 saturated heterocycles. The van der Waals surface area contributed by atoms with Crippen molar-refractivity contribution in [2.24, 2.45) is 10.4 Å². The van der Waals surface area contributed by atoms with Crippen LogP contribution >= 0.6 is 0 Å². The molecule has 0 N–H and O–H groups in total. The van der Waals surface area contributed by atoms with Crippen molar-refractivity contribution in [3.8, 4) is 0 Å². The predicted molar refractivity (Wildman–Crippen MR) is 86.4 cm³/mol. The highest BCUT2D eigenvalue weighted by molar-refractivity contribution is 6.03. The van der Waals surface area contributed by atoms with Gasteiger partial charge in [-0.3, -0.25) is 9.89 Å². The van der Waals surface area contributed by atoms with Gasteiger partial charge in [-0.05, 0) is 68.7 Å². The van der Waals surface area contributed by atoms with Gasteiger partial charge in [0.25, 0.3) is 0 Å². The number of fused-ring (bicyclic) bond motifs is 1. The average Bonchev–Trinajstić information content (AvgIpc) is 3.08. The minimum atomic E-state index is 0.269. The van der Waals surface area contributed by atoms with E-state index >= 15 is 0 Å². The zero-order valence-electron chi connectivity index (χ0n) is 12.9. The molecule has 4 aliphatic rings. The zero-order valence-corrected chi connectivity index (χ0v) is 12.9. The quantitative estimate of drug-likeness (QED) is 0.757. The second-order valence-corrected chi connectivity index (χ2v) is 7.55. The summed E-state index contributed by atoms with van der Waals surface area (Å²) in [5.74, 6) is 0. The summed E-state index contributed by atoms with van der Waals surface area (Å²) in [5.41, 5.74) is 5.15. The molecule has 3 heterocycles. The molecule has 1 aliphatic carbocycles. The van der Waals surface area contributed by atoms with E-state index in [4.69, 9.17) is 4.99 Å². The molecule has 2 heteroatoms. The van der Waals surface area contributed by atoms with Crippen molar-refractivity contribution in [3.05, 3.63) is 29.8 Å². The molecule has 1 aromatic rings. The molecular formula is C19H24N2. The van der Waals surface area contributed by atoms with Gasteiger partial charge in [-0.1, -0.05) is 25.1 Å². The predicted octanol–water partition coefficient (Wildman–Crippen LogP) is 4.07. The van der Waals surface area contributed by atoms with E-state index in [1.165, 1.54) is 63.0 Å². The molecule has 21 heavy (non-hydrogen) atoms. The maximum Gasteiger partial charge on any atom is 0.0671 e. The highest BCUT2D eigenvalue weighted by atomic mass is 15.2. The van der Waals surface area contributed by atoms with Crippen molar-refractivity contribution >= 4 is 11.4 Å². The Morgan fingerprint density at radius 2 is 2.10 bits per heavy atom. The first-order valence-electron chi connectivity index (χ1n) is 8.72. The first-order valence-corrected chi connectivity index (χ1v) is 8.72. The fraction of sp³-hybridized carbons (Fsp3) is 0.632. The molecule has 0 amide bonds. The van der Waals surface area contributed by atoms with Gasteiger partial charge in [-0.25, -0.2) is 0 Å². The van der Waals surface area contributed by atoms with Crippen LogP contribution in [-0.4, -0.2) is 29.7 Å². The Morgan fingerprint density at radius 3 is 3.00 bits per heavy atom. The monoisotopic (exact) mass is 280 g/mol. The molecule has 0 bridgehead atoms. The zero-order chi connectivity index (χ0) is 14.1. The molecule has 0 aromatic heterocycles. The molecule has 1 spiro atoms. The number of piperidine rings is 1. The summed E-state index contributed by atoms with van der Waals surface area (Å²) in [6, 6.07) is 9.70. The molecule has 1 aromatic carbocycles. The Hall–Kier alpha value is -1.15. The molecule has 3 atom stereocenters. The number of benzene rings is 1. The van der Waals surface area contributed by atoms with E-state index in [-0.39, 0.29) is 5.41 Å². The van der Waals surface area contributed by atoms with Crippen LogP contribution in [0.15, 0.2) is 29.3 Å². The second-order valence-electron chi connectivity index (χ2n) is 7.55. The number of rotatable bonds is 1. The Labute approximate surface area is 127 Å². The van der Waals surface area contributed by atoms with Crippen molar-refractivity contribution in [2.45, 2.75) is 56.9 Å². The lowest BCUT2D eigenvalue weighted by Crippen LogP contribution is -2.61. The summed E-state index contributed by atoms with van der Waals surface area (Å²) in [6.45, 7) is 5.02. The van der Waals surface area contributed by atoms with Gasteiger partial charge >= 0.3 is 0 Å². The van der Waals surface area contributed by atoms with Crippen LogP contribution in [0, 0.1) is 5.41 Å². The van der Waals surface area contributed by atoms with E-state index in [1.54, 1.807) is 5.56 Å². The Balaban J connectivity index is 1.75. The van der Waals surface area contributed by atoms with Gasteiger partial charge in [0, 0.05) is 11.8 Å². The van der Waals surface area contributed by atoms with Crippen molar-refractivity contribution in [3.63, 3.8) is 0 Å². The molecule has 3 fully saturated rings. The number of hydrogen-bond acceptors (Lipinski definition) is 2. The molecule has 110 valence electrons. The van der Waals surface area contributed by atoms with Gasteiger partial charge in [0.15, 0.2) is 0 Å². The molecule has 0 unspecified atom stereocenters. The molecular weight excluding hydrogens is 256 g/mol. The van der Waals surface area contributed by atoms with Crippen LogP contribution in [0.5, 0.6) is 0 Å². The number of nitrogens with zero attached hydrogens (tertiary/aromatic N) is 2. The van der Waals surface area contributed by atoms with Gasteiger partial charge in [0.2, 0.25) is 0 Å². The van der Waals surface area contributed by atoms with Crippen LogP contribution in [-0.2, 0) is 5.41 Å². The van der Waals surface area contributed by atoms with E-state index < -0.39 is 0 Å². The lowest BCUT2D eigenvalue weighted by atomic mass is 9.53. The number of hydrogen-bond donors (Lipinski definition) is 0. The summed E-state index contributed by atoms with van der Waals surface area (Å²) >= 11 is 0. The van der Waals surface area contributed by atoms with Crippen LogP contribution < -0.4 is 0 Å². The smallest absolute Gasteiger partial charge is 0.0671 e. The minimum Gasteiger partial charge on any atom is -0.299 e. The van der Waals surface area contributed by atoms with E-state index in [1.807, 2.05) is 0 Å². The second kappa shape index (κ2) is 3.98. The van der Waals surface area contributed by atoms with Gasteiger partial charge in [0.1, 0.15) is 0 Å². The third kappa shape index (κ3) is 1.31. The third-order valence-electron chi connectivity index (χ3n) is 7.04. The summed E-state index contributed by atoms with van der Waals surface area (Å²) in [5, 5.41) is 0. The summed E-state index contributed by atoms with van der Waals surface area (Å²) in [7, 11) is 0. The Kier molecular flexibility index (Phi) is 2.35. The van der Waals surface area contributed by atoms with E-state index in [0.29, 0.717) is 5.41 Å². The Morgan fingerprint density at radius 1 is 1.19 bits per heavy atom. The first-order chi connectivity index (χ1) is 10.3. The third-order valence-corrected chi connectivity index (χ3v) is 7.04. The van der Waals surface area contributed by atoms with Crippen molar-refractivity contribution < 1.29 is 0 Å². The number of para-hydroxylation sites is 1. The average molecular weight is 280 g/mol. The van der Waals surface area contributed by atoms with Gasteiger partial charge in [-0.15, -0.1) is 0 Å². The van der Waals surface area contributed by atoms with Gasteiger partial charge in [-0.2, -0.15) is 0 Å². The van der Waals surface area contributed by atoms with Crippen LogP contribution in [0.1, 0.15) is 51.0 Å². The lowest BCUT2D eigenvalue weighted by Gasteiger charge is -2.56. The van der Waals surface area contributed by atoms with E-state index in [2.05, 4.69) is 36.1 Å². The van der Waals surface area contributed by atoms with E-state index in [9.17, 15) is 0 Å². The summed E-state index contributed by atoms with van der Waals surface area (Å²) in [4.78, 5) is 7.91. The van der Waals surface area contributed by atoms with Crippen LogP contribution in [0.3, 0.4) is 0 Å². The molecule has 2 nitrogen and oxygen atoms in total. The molecule has 3 aliphatic heterocycles. The maximum atomic E-state index is 5.09. The largest absolute Gasteiger partial charge is 0.299 e. The SMILES string of the molecule is CC[C@]12CCCN3CC[C@]4(C(=Nc5ccccc54)CC1)[C@@H]32. The van der Waals surface area contributed by atoms with Crippen molar-refractivity contribution in [1.82, 2.24) is 4.90 Å². The lowest BCUT2D eigenvalue weighted by molar-refractivity contribution is 0.00462. The fourth-order valence-electron chi connectivity index (χ4n) is 6.21. The molecule has 1 saturated carbocycles. The summed E-state index contributed by atoms with van der Waals surface area (Å²) in [6.07, 6.45) is 8.06. The fourth-order valence-corrected chi connectivity index (χ4v) is 6.21. The molecule has 0 radical (unpaired) electrons. The highest BCUT2D eigenvalue weighted by Gasteiger charge is 2.64. The van der Waals surface area contributed by atoms with Crippen LogP contribution in [0.25, 0.3) is 0 Å². The van der Waals surface area contributed by atoms with Crippen molar-refractivity contribution in [1.29, 1.82) is 0 Å². The maximum absolute atomic E-state index is 5.09. The van der Waals surface area contributed by atoms with Gasteiger partial charge < -0.3 is 0 Å². The highest BCUT2D eigenvalue weighted by Crippen LogP contribution is 2.62. The van der Waals surface area contributed by atoms with E-state index in [0.717, 1.165) is 6.04 Å². The minimum absolute atomic E-state index is 0.269. The standard InChI is InChI=1S/C19H24N2/c1-2-18-9-5-12-21-13-11-19(17(18)21)14-6-3-4-7-15(14)20-16(19)8-10-18/h3-4,6-7,17H,2,5,8-13H2,1H3/t17-,18-,19-/m0/s1. The normalized spacial score (nSPS) is 40.4. The Bertz CT molecular complexity index is 634.